The molecule has 0 aliphatic carbocycles. The molecule has 4 aromatic rings. The van der Waals surface area contributed by atoms with Crippen LogP contribution in [-0.4, -0.2) is 39.7 Å². The maximum absolute atomic E-state index is 13.1. The minimum atomic E-state index is -0.136. The number of hydrogen-bond donors (Lipinski definition) is 2. The minimum Gasteiger partial charge on any atom is -0.384 e. The van der Waals surface area contributed by atoms with Crippen LogP contribution >= 0.6 is 0 Å². The minimum absolute atomic E-state index is 0.109. The fraction of sp³-hybridized carbons (Fsp3) is 0.231. The van der Waals surface area contributed by atoms with Crippen molar-refractivity contribution in [1.29, 1.82) is 0 Å². The summed E-state index contributed by atoms with van der Waals surface area (Å²) in [5.74, 6) is 0.326. The quantitative estimate of drug-likeness (QED) is 0.478. The maximum Gasteiger partial charge on any atom is 0.261 e. The Kier molecular flexibility index (Phi) is 6.05. The number of hydrogen-bond acceptors (Lipinski definition) is 6. The van der Waals surface area contributed by atoms with Crippen LogP contribution in [0.3, 0.4) is 0 Å². The van der Waals surface area contributed by atoms with Crippen molar-refractivity contribution in [3.05, 3.63) is 88.6 Å². The molecule has 1 amide bonds. The molecule has 0 unspecified atom stereocenters. The Labute approximate surface area is 196 Å². The molecule has 0 spiro atoms. The van der Waals surface area contributed by atoms with E-state index in [4.69, 9.17) is 10.5 Å². The fourth-order valence-electron chi connectivity index (χ4n) is 4.20. The molecule has 1 saturated heterocycles. The molecule has 172 valence electrons. The van der Waals surface area contributed by atoms with Crippen molar-refractivity contribution in [1.82, 2.24) is 19.9 Å². The Morgan fingerprint density at radius 2 is 1.88 bits per heavy atom. The summed E-state index contributed by atoms with van der Waals surface area (Å²) in [6.45, 7) is 1.66. The van der Waals surface area contributed by atoms with Crippen molar-refractivity contribution in [3.8, 4) is 11.1 Å². The van der Waals surface area contributed by atoms with Crippen LogP contribution in [0, 0.1) is 0 Å². The number of carbonyl (C=O) groups is 1. The number of nitrogen functional groups attached to an aromatic ring is 1. The molecule has 5 rings (SSSR count). The van der Waals surface area contributed by atoms with Crippen LogP contribution in [0.25, 0.3) is 22.0 Å². The van der Waals surface area contributed by atoms with Gasteiger partial charge in [-0.2, -0.15) is 0 Å². The first kappa shape index (κ1) is 21.8. The fourth-order valence-corrected chi connectivity index (χ4v) is 4.20. The van der Waals surface area contributed by atoms with Gasteiger partial charge in [0, 0.05) is 31.0 Å². The van der Waals surface area contributed by atoms with Crippen LogP contribution in [0.5, 0.6) is 0 Å². The van der Waals surface area contributed by atoms with Crippen molar-refractivity contribution in [2.75, 3.05) is 18.9 Å². The molecule has 0 atom stereocenters. The lowest BCUT2D eigenvalue weighted by Gasteiger charge is -2.23. The Hall–Kier alpha value is -4.04. The zero-order chi connectivity index (χ0) is 23.5. The summed E-state index contributed by atoms with van der Waals surface area (Å²) in [5.41, 5.74) is 9.52. The number of carbonyl (C=O) groups excluding carboxylic acids is 1. The van der Waals surface area contributed by atoms with Crippen LogP contribution in [0.2, 0.25) is 0 Å². The highest BCUT2D eigenvalue weighted by atomic mass is 16.5. The van der Waals surface area contributed by atoms with Gasteiger partial charge >= 0.3 is 0 Å². The van der Waals surface area contributed by atoms with Crippen molar-refractivity contribution in [2.24, 2.45) is 0 Å². The molecule has 0 saturated carbocycles. The Balaban J connectivity index is 1.37. The first-order valence-electron chi connectivity index (χ1n) is 11.3. The van der Waals surface area contributed by atoms with Crippen LogP contribution in [-0.2, 0) is 11.3 Å². The number of nitrogens with one attached hydrogen (secondary N) is 1. The summed E-state index contributed by atoms with van der Waals surface area (Å²) in [4.78, 5) is 34.3. The molecule has 1 aliphatic rings. The number of ether oxygens (including phenoxy) is 1. The number of amides is 1. The highest BCUT2D eigenvalue weighted by Crippen LogP contribution is 2.23. The number of nitrogens with two attached hydrogens (primary N) is 1. The highest BCUT2D eigenvalue weighted by molar-refractivity contribution is 5.94. The number of aromatic nitrogens is 3. The van der Waals surface area contributed by atoms with E-state index >= 15 is 0 Å². The van der Waals surface area contributed by atoms with Crippen LogP contribution < -0.4 is 16.6 Å². The SMILES string of the molecule is Nc1cc(-c2ccc3c(=O)n(Cc4cccc(C(=O)NC5CCOCC5)c4)cnc3c2)ccn1. The number of benzene rings is 2. The van der Waals surface area contributed by atoms with Gasteiger partial charge in [-0.05, 0) is 65.9 Å². The van der Waals surface area contributed by atoms with Gasteiger partial charge < -0.3 is 15.8 Å². The van der Waals surface area contributed by atoms with Gasteiger partial charge in [0.25, 0.3) is 11.5 Å². The van der Waals surface area contributed by atoms with E-state index in [2.05, 4.69) is 15.3 Å². The van der Waals surface area contributed by atoms with E-state index in [0.29, 0.717) is 42.0 Å². The van der Waals surface area contributed by atoms with E-state index < -0.39 is 0 Å². The molecule has 1 fully saturated rings. The van der Waals surface area contributed by atoms with E-state index in [1.54, 1.807) is 35.3 Å². The standard InChI is InChI=1S/C26H25N5O3/c27-24-14-19(6-9-28-24)18-4-5-22-23(13-18)29-16-31(26(22)33)15-17-2-1-3-20(12-17)25(32)30-21-7-10-34-11-8-21/h1-6,9,12-14,16,21H,7-8,10-11,15H2,(H2,27,28)(H,30,32). The normalized spacial score (nSPS) is 14.2. The summed E-state index contributed by atoms with van der Waals surface area (Å²) in [6.07, 6.45) is 4.84. The van der Waals surface area contributed by atoms with Gasteiger partial charge in [-0.1, -0.05) is 18.2 Å². The Bertz CT molecular complexity index is 1410. The summed E-state index contributed by atoms with van der Waals surface area (Å²) in [6, 6.07) is 16.7. The second kappa shape index (κ2) is 9.44. The molecule has 8 heteroatoms. The van der Waals surface area contributed by atoms with E-state index in [1.165, 1.54) is 0 Å². The lowest BCUT2D eigenvalue weighted by molar-refractivity contribution is 0.0696. The zero-order valence-corrected chi connectivity index (χ0v) is 18.6. The molecule has 0 bridgehead atoms. The number of fused-ring (bicyclic) bond motifs is 1. The third-order valence-corrected chi connectivity index (χ3v) is 6.04. The third kappa shape index (κ3) is 4.67. The average Bonchev–Trinajstić information content (AvgIpc) is 2.86. The molecule has 3 heterocycles. The van der Waals surface area contributed by atoms with E-state index in [-0.39, 0.29) is 17.5 Å². The van der Waals surface area contributed by atoms with Gasteiger partial charge in [-0.3, -0.25) is 14.2 Å². The second-order valence-electron chi connectivity index (χ2n) is 8.44. The molecule has 2 aromatic carbocycles. The van der Waals surface area contributed by atoms with Crippen molar-refractivity contribution < 1.29 is 9.53 Å². The van der Waals surface area contributed by atoms with E-state index in [1.807, 2.05) is 36.4 Å². The topological polar surface area (TPSA) is 112 Å². The Morgan fingerprint density at radius 3 is 2.71 bits per heavy atom. The number of rotatable bonds is 5. The van der Waals surface area contributed by atoms with Crippen LogP contribution in [0.4, 0.5) is 5.82 Å². The predicted octanol–water partition coefficient (Wildman–Crippen LogP) is 3.00. The molecule has 3 N–H and O–H groups in total. The average molecular weight is 456 g/mol. The summed E-state index contributed by atoms with van der Waals surface area (Å²) in [5, 5.41) is 3.60. The first-order valence-corrected chi connectivity index (χ1v) is 11.3. The van der Waals surface area contributed by atoms with Crippen LogP contribution in [0.1, 0.15) is 28.8 Å². The van der Waals surface area contributed by atoms with Crippen LogP contribution in [0.15, 0.2) is 71.9 Å². The molecular weight excluding hydrogens is 430 g/mol. The lowest BCUT2D eigenvalue weighted by Crippen LogP contribution is -2.38. The summed E-state index contributed by atoms with van der Waals surface area (Å²) < 4.78 is 6.91. The zero-order valence-electron chi connectivity index (χ0n) is 18.6. The lowest BCUT2D eigenvalue weighted by atomic mass is 10.0. The second-order valence-corrected chi connectivity index (χ2v) is 8.44. The third-order valence-electron chi connectivity index (χ3n) is 6.04. The van der Waals surface area contributed by atoms with Gasteiger partial charge in [0.2, 0.25) is 0 Å². The first-order chi connectivity index (χ1) is 16.6. The van der Waals surface area contributed by atoms with Crippen molar-refractivity contribution in [2.45, 2.75) is 25.4 Å². The molecule has 8 nitrogen and oxygen atoms in total. The number of anilines is 1. The van der Waals surface area contributed by atoms with Gasteiger partial charge in [-0.15, -0.1) is 0 Å². The highest BCUT2D eigenvalue weighted by Gasteiger charge is 2.17. The largest absolute Gasteiger partial charge is 0.384 e. The molecule has 0 radical (unpaired) electrons. The van der Waals surface area contributed by atoms with E-state index in [0.717, 1.165) is 29.5 Å². The monoisotopic (exact) mass is 455 g/mol. The molecule has 34 heavy (non-hydrogen) atoms. The van der Waals surface area contributed by atoms with Crippen molar-refractivity contribution >= 4 is 22.6 Å². The van der Waals surface area contributed by atoms with Gasteiger partial charge in [-0.25, -0.2) is 9.97 Å². The van der Waals surface area contributed by atoms with Gasteiger partial charge in [0.1, 0.15) is 5.82 Å². The number of nitrogens with zero attached hydrogens (tertiary/aromatic N) is 3. The molecular formula is C26H25N5O3. The van der Waals surface area contributed by atoms with Gasteiger partial charge in [0.15, 0.2) is 0 Å². The van der Waals surface area contributed by atoms with E-state index in [9.17, 15) is 9.59 Å². The van der Waals surface area contributed by atoms with Gasteiger partial charge in [0.05, 0.1) is 23.8 Å². The smallest absolute Gasteiger partial charge is 0.261 e. The predicted molar refractivity (Wildman–Crippen MR) is 130 cm³/mol. The summed E-state index contributed by atoms with van der Waals surface area (Å²) in [7, 11) is 0. The van der Waals surface area contributed by atoms with Crippen molar-refractivity contribution in [3.63, 3.8) is 0 Å². The Morgan fingerprint density at radius 1 is 1.06 bits per heavy atom. The summed E-state index contributed by atoms with van der Waals surface area (Å²) >= 11 is 0. The number of pyridine rings is 1. The molecule has 1 aliphatic heterocycles. The maximum atomic E-state index is 13.1. The molecule has 2 aromatic heterocycles.